The maximum absolute atomic E-state index is 13.7. The van der Waals surface area contributed by atoms with Crippen molar-refractivity contribution in [3.8, 4) is 0 Å². The average molecular weight is 1510 g/mol. The lowest BCUT2D eigenvalue weighted by Gasteiger charge is -2.24. The summed E-state index contributed by atoms with van der Waals surface area (Å²) in [6, 6.07) is 0. The van der Waals surface area contributed by atoms with Crippen LogP contribution < -0.4 is 31.9 Å². The van der Waals surface area contributed by atoms with Crippen LogP contribution in [0.4, 0.5) is 11.4 Å². The molecule has 0 radical (unpaired) electrons. The van der Waals surface area contributed by atoms with E-state index in [9.17, 15) is 69.9 Å². The molecule has 0 aromatic heterocycles. The van der Waals surface area contributed by atoms with Crippen molar-refractivity contribution in [2.24, 2.45) is 0 Å². The Morgan fingerprint density at radius 3 is 1.19 bits per heavy atom. The highest BCUT2D eigenvalue weighted by Crippen LogP contribution is 2.37. The fourth-order valence-corrected chi connectivity index (χ4v) is 13.4. The van der Waals surface area contributed by atoms with E-state index in [1.807, 2.05) is 22.6 Å². The normalized spacial score (nSPS) is 14.3. The fourth-order valence-electron chi connectivity index (χ4n) is 4.57. The average Bonchev–Trinajstić information content (AvgIpc) is 3.20. The predicted octanol–water partition coefficient (Wildman–Crippen LogP) is -2.23. The Labute approximate surface area is 417 Å². The van der Waals surface area contributed by atoms with Gasteiger partial charge in [-0.25, -0.2) is 0 Å². The minimum absolute atomic E-state index is 0.0109. The molecule has 2 aromatic rings. The maximum Gasteiger partial charge on any atom is 0.256 e. The van der Waals surface area contributed by atoms with Crippen molar-refractivity contribution in [1.82, 2.24) is 21.3 Å². The summed E-state index contributed by atoms with van der Waals surface area (Å²) in [7, 11) is 0. The van der Waals surface area contributed by atoms with E-state index in [-0.39, 0.29) is 87.6 Å². The molecule has 0 aliphatic heterocycles. The van der Waals surface area contributed by atoms with Gasteiger partial charge in [-0.2, -0.15) is 0 Å². The number of amides is 5. The van der Waals surface area contributed by atoms with Crippen LogP contribution in [0.5, 0.6) is 0 Å². The first-order valence-corrected chi connectivity index (χ1v) is 23.3. The third kappa shape index (κ3) is 14.8. The standard InChI is InChI=1S/C32H40I6N6O15/c33-18-14(20(35)24(43-27(54)13(52)9-48)22(37)16(18)30(57)41-4-10(49)6-45)28(55)39-2-1-3-40-29(56)15-19(34)17(31(58)42-5-11(50)7-46)23(38)25(21(15)36)44-32(59)26(53)12(51)8-47/h10-13,26-27,43,45-54H,1-9H2,(H,39,55)(H,40,56)(H,41,57)(H,42,58)(H,44,59). The Morgan fingerprint density at radius 1 is 0.475 bits per heavy atom. The number of benzene rings is 2. The SMILES string of the molecule is O=C(NCCCNC(=O)c1c(I)c(NC(O)C(O)CO)c(I)c(C(=O)NCC(O)CO)c1I)c1c(I)c(NC(=O)C(O)C(O)CO)c(I)c(C(=O)NCC(O)CO)c1I. The van der Waals surface area contributed by atoms with Crippen LogP contribution in [0.15, 0.2) is 0 Å². The molecular formula is C32H40I6N6O15. The summed E-state index contributed by atoms with van der Waals surface area (Å²) in [5, 5.41) is 112. The lowest BCUT2D eigenvalue weighted by molar-refractivity contribution is -0.131. The molecule has 21 nitrogen and oxygen atoms in total. The van der Waals surface area contributed by atoms with Gasteiger partial charge >= 0.3 is 0 Å². The molecule has 16 N–H and O–H groups in total. The van der Waals surface area contributed by atoms with Gasteiger partial charge in [0.15, 0.2) is 12.3 Å². The number of halogens is 6. The number of hydrogen-bond acceptors (Lipinski definition) is 16. The maximum atomic E-state index is 13.7. The first-order chi connectivity index (χ1) is 27.7. The van der Waals surface area contributed by atoms with E-state index in [1.165, 1.54) is 0 Å². The number of aliphatic hydroxyl groups excluding tert-OH is 10. The van der Waals surface area contributed by atoms with E-state index in [2.05, 4.69) is 31.9 Å². The van der Waals surface area contributed by atoms with E-state index < -0.39 is 92.7 Å². The molecule has 0 aliphatic carbocycles. The molecule has 0 fully saturated rings. The molecule has 0 heterocycles. The molecule has 0 saturated carbocycles. The molecule has 6 atom stereocenters. The zero-order valence-electron chi connectivity index (χ0n) is 30.1. The van der Waals surface area contributed by atoms with Gasteiger partial charge in [0.1, 0.15) is 12.2 Å². The van der Waals surface area contributed by atoms with Crippen LogP contribution in [0.2, 0.25) is 0 Å². The number of hydrogen-bond donors (Lipinski definition) is 16. The summed E-state index contributed by atoms with van der Waals surface area (Å²) >= 11 is 10.7. The van der Waals surface area contributed by atoms with Crippen molar-refractivity contribution in [3.63, 3.8) is 0 Å². The lowest BCUT2D eigenvalue weighted by Crippen LogP contribution is -2.41. The summed E-state index contributed by atoms with van der Waals surface area (Å²) in [6.45, 7) is -3.81. The Hall–Kier alpha value is -0.430. The van der Waals surface area contributed by atoms with Crippen LogP contribution >= 0.6 is 136 Å². The Kier molecular flexibility index (Phi) is 24.5. The van der Waals surface area contributed by atoms with Gasteiger partial charge in [-0.3, -0.25) is 24.0 Å². The van der Waals surface area contributed by atoms with Gasteiger partial charge in [-0.15, -0.1) is 0 Å². The lowest BCUT2D eigenvalue weighted by atomic mass is 10.1. The number of anilines is 2. The zero-order chi connectivity index (χ0) is 44.9. The van der Waals surface area contributed by atoms with Crippen LogP contribution in [0, 0.1) is 21.4 Å². The monoisotopic (exact) mass is 1510 g/mol. The van der Waals surface area contributed by atoms with E-state index in [4.69, 9.17) is 5.11 Å². The fraction of sp³-hybridized carbons (Fsp3) is 0.469. The van der Waals surface area contributed by atoms with Crippen molar-refractivity contribution in [2.75, 3.05) is 63.2 Å². The minimum Gasteiger partial charge on any atom is -0.394 e. The van der Waals surface area contributed by atoms with Gasteiger partial charge in [0, 0.05) is 33.3 Å². The number of carbonyl (C=O) groups is 5. The molecular weight excluding hydrogens is 1470 g/mol. The molecule has 27 heteroatoms. The molecule has 6 unspecified atom stereocenters. The first-order valence-electron chi connectivity index (χ1n) is 16.8. The number of carbonyl (C=O) groups excluding carboxylic acids is 5. The summed E-state index contributed by atoms with van der Waals surface area (Å²) in [4.78, 5) is 66.7. The zero-order valence-corrected chi connectivity index (χ0v) is 43.1. The van der Waals surface area contributed by atoms with E-state index in [0.29, 0.717) is 0 Å². The molecule has 330 valence electrons. The Balaban J connectivity index is 2.40. The third-order valence-electron chi connectivity index (χ3n) is 7.80. The van der Waals surface area contributed by atoms with E-state index >= 15 is 0 Å². The van der Waals surface area contributed by atoms with Gasteiger partial charge in [0.05, 0.1) is 86.5 Å². The second kappa shape index (κ2) is 26.4. The van der Waals surface area contributed by atoms with Gasteiger partial charge in [-0.1, -0.05) is 0 Å². The molecule has 5 amide bonds. The largest absolute Gasteiger partial charge is 0.394 e. The van der Waals surface area contributed by atoms with E-state index in [0.717, 1.165) is 0 Å². The van der Waals surface area contributed by atoms with Gasteiger partial charge < -0.3 is 83.0 Å². The van der Waals surface area contributed by atoms with Gasteiger partial charge in [0.2, 0.25) is 0 Å². The van der Waals surface area contributed by atoms with Gasteiger partial charge in [-0.05, 0) is 142 Å². The smallest absolute Gasteiger partial charge is 0.256 e. The second-order valence-electron chi connectivity index (χ2n) is 12.1. The molecule has 2 rings (SSSR count). The van der Waals surface area contributed by atoms with Crippen molar-refractivity contribution in [2.45, 2.75) is 43.2 Å². The van der Waals surface area contributed by atoms with Crippen molar-refractivity contribution < 1.29 is 75.0 Å². The summed E-state index contributed by atoms with van der Waals surface area (Å²) in [6.07, 6.45) is -9.70. The second-order valence-corrected chi connectivity index (χ2v) is 18.6. The van der Waals surface area contributed by atoms with Crippen LogP contribution in [0.25, 0.3) is 0 Å². The molecule has 59 heavy (non-hydrogen) atoms. The molecule has 0 saturated heterocycles. The quantitative estimate of drug-likeness (QED) is 0.0337. The third-order valence-corrected chi connectivity index (χ3v) is 14.3. The molecule has 0 aliphatic rings. The summed E-state index contributed by atoms with van der Waals surface area (Å²) < 4.78 is 1.00. The van der Waals surface area contributed by atoms with Crippen molar-refractivity contribution in [1.29, 1.82) is 0 Å². The minimum atomic E-state index is -2.08. The summed E-state index contributed by atoms with van der Waals surface area (Å²) in [5.41, 5.74) is -0.235. The van der Waals surface area contributed by atoms with Crippen LogP contribution in [0.1, 0.15) is 47.9 Å². The highest BCUT2D eigenvalue weighted by atomic mass is 127. The first kappa shape index (κ1) is 54.7. The number of rotatable bonds is 22. The van der Waals surface area contributed by atoms with Gasteiger partial charge in [0.25, 0.3) is 29.5 Å². The van der Waals surface area contributed by atoms with Crippen molar-refractivity contribution in [3.05, 3.63) is 43.7 Å². The molecule has 0 spiro atoms. The highest BCUT2D eigenvalue weighted by molar-refractivity contribution is 14.1. The Bertz CT molecular complexity index is 1870. The Morgan fingerprint density at radius 2 is 0.831 bits per heavy atom. The molecule has 0 bridgehead atoms. The highest BCUT2D eigenvalue weighted by Gasteiger charge is 2.32. The number of aliphatic hydroxyl groups is 10. The van der Waals surface area contributed by atoms with E-state index in [1.54, 1.807) is 113 Å². The topological polar surface area (TPSA) is 360 Å². The van der Waals surface area contributed by atoms with Crippen LogP contribution in [0.3, 0.4) is 0 Å². The summed E-state index contributed by atoms with van der Waals surface area (Å²) in [5.74, 6) is -4.07. The predicted molar refractivity (Wildman–Crippen MR) is 260 cm³/mol. The van der Waals surface area contributed by atoms with Crippen molar-refractivity contribution >= 4 is 176 Å². The van der Waals surface area contributed by atoms with Crippen LogP contribution in [-0.2, 0) is 4.79 Å². The van der Waals surface area contributed by atoms with Crippen LogP contribution in [-0.4, -0.2) is 170 Å². The number of nitrogens with one attached hydrogen (secondary N) is 6. The molecule has 2 aromatic carbocycles.